The minimum atomic E-state index is -4.03. The minimum Gasteiger partial charge on any atom is -0.496 e. The molecular formula is C18H20N2O6S. The molecule has 2 aromatic rings. The van der Waals surface area contributed by atoms with Gasteiger partial charge in [0.15, 0.2) is 0 Å². The molecule has 0 radical (unpaired) electrons. The predicted molar refractivity (Wildman–Crippen MR) is 97.7 cm³/mol. The molecule has 9 heteroatoms. The van der Waals surface area contributed by atoms with E-state index in [0.717, 1.165) is 6.07 Å². The summed E-state index contributed by atoms with van der Waals surface area (Å²) in [5, 5.41) is 5.12. The van der Waals surface area contributed by atoms with Crippen molar-refractivity contribution in [3.8, 4) is 5.75 Å². The Kier molecular flexibility index (Phi) is 6.19. The second kappa shape index (κ2) is 8.19. The summed E-state index contributed by atoms with van der Waals surface area (Å²) in [6.07, 6.45) is -1.20. The molecule has 0 heterocycles. The number of nitrogens with two attached hydrogens (primary N) is 1. The van der Waals surface area contributed by atoms with Crippen molar-refractivity contribution in [2.45, 2.75) is 11.0 Å². The van der Waals surface area contributed by atoms with Gasteiger partial charge in [-0.1, -0.05) is 30.3 Å². The molecule has 0 bridgehead atoms. The van der Waals surface area contributed by atoms with E-state index >= 15 is 0 Å². The summed E-state index contributed by atoms with van der Waals surface area (Å²) in [6, 6.07) is 12.0. The van der Waals surface area contributed by atoms with Crippen LogP contribution in [-0.2, 0) is 19.6 Å². The van der Waals surface area contributed by atoms with E-state index < -0.39 is 28.0 Å². The number of likely N-dealkylation sites (N-methyl/N-ethyl adjacent to an activating group) is 1. The molecule has 0 aliphatic rings. The largest absolute Gasteiger partial charge is 0.496 e. The van der Waals surface area contributed by atoms with Gasteiger partial charge in [0.2, 0.25) is 16.1 Å². The molecule has 0 aliphatic carbocycles. The van der Waals surface area contributed by atoms with Crippen LogP contribution in [0.15, 0.2) is 53.4 Å². The predicted octanol–water partition coefficient (Wildman–Crippen LogP) is 1.33. The van der Waals surface area contributed by atoms with E-state index in [-0.39, 0.29) is 16.2 Å². The van der Waals surface area contributed by atoms with Gasteiger partial charge in [0, 0.05) is 19.7 Å². The van der Waals surface area contributed by atoms with Crippen LogP contribution in [0.4, 0.5) is 0 Å². The first-order chi connectivity index (χ1) is 12.6. The number of hydrogen-bond acceptors (Lipinski definition) is 6. The zero-order chi connectivity index (χ0) is 20.2. The number of benzene rings is 2. The summed E-state index contributed by atoms with van der Waals surface area (Å²) >= 11 is 0. The van der Waals surface area contributed by atoms with Crippen LogP contribution in [-0.4, -0.2) is 46.4 Å². The summed E-state index contributed by atoms with van der Waals surface area (Å²) in [5.74, 6) is -1.27. The van der Waals surface area contributed by atoms with Gasteiger partial charge in [-0.2, -0.15) is 0 Å². The molecule has 0 saturated heterocycles. The second-order valence-electron chi connectivity index (χ2n) is 5.84. The maximum Gasteiger partial charge on any atom is 0.343 e. The fraction of sp³-hybridized carbons (Fsp3) is 0.222. The van der Waals surface area contributed by atoms with Crippen molar-refractivity contribution in [3.63, 3.8) is 0 Å². The van der Waals surface area contributed by atoms with E-state index in [1.165, 1.54) is 38.2 Å². The van der Waals surface area contributed by atoms with Crippen molar-refractivity contribution in [1.29, 1.82) is 0 Å². The Morgan fingerprint density at radius 3 is 2.22 bits per heavy atom. The quantitative estimate of drug-likeness (QED) is 0.742. The van der Waals surface area contributed by atoms with Gasteiger partial charge in [-0.3, -0.25) is 4.79 Å². The molecule has 2 N–H and O–H groups in total. The topological polar surface area (TPSA) is 116 Å². The fourth-order valence-corrected chi connectivity index (χ4v) is 2.86. The first-order valence-corrected chi connectivity index (χ1v) is 9.37. The molecule has 0 aliphatic heterocycles. The van der Waals surface area contributed by atoms with Crippen LogP contribution in [0.1, 0.15) is 22.0 Å². The highest BCUT2D eigenvalue weighted by molar-refractivity contribution is 7.89. The lowest BCUT2D eigenvalue weighted by Crippen LogP contribution is -2.31. The van der Waals surface area contributed by atoms with E-state index in [1.807, 2.05) is 0 Å². The highest BCUT2D eigenvalue weighted by Gasteiger charge is 2.28. The van der Waals surface area contributed by atoms with Gasteiger partial charge in [0.05, 0.1) is 12.0 Å². The van der Waals surface area contributed by atoms with E-state index in [0.29, 0.717) is 5.56 Å². The number of nitrogens with zero attached hydrogens (tertiary/aromatic N) is 1. The Labute approximate surface area is 157 Å². The van der Waals surface area contributed by atoms with Gasteiger partial charge < -0.3 is 14.4 Å². The number of carbonyl (C=O) groups is 2. The highest BCUT2D eigenvalue weighted by Crippen LogP contribution is 2.26. The van der Waals surface area contributed by atoms with Crippen molar-refractivity contribution in [2.75, 3.05) is 21.2 Å². The molecule has 144 valence electrons. The molecule has 2 rings (SSSR count). The zero-order valence-electron chi connectivity index (χ0n) is 15.1. The standard InChI is InChI=1S/C18H20N2O6S/c1-20(2)17(21)16(12-7-5-4-6-8-12)26-18(22)14-11-13(27(19,23)24)9-10-15(14)25-3/h4-11,16H,1-3H3,(H2,19,23,24)/t16-/m1/s1. The molecule has 8 nitrogen and oxygen atoms in total. The first kappa shape index (κ1) is 20.4. The average Bonchev–Trinajstić information content (AvgIpc) is 2.64. The first-order valence-electron chi connectivity index (χ1n) is 7.83. The third-order valence-corrected chi connectivity index (χ3v) is 4.62. The number of primary sulfonamides is 1. The highest BCUT2D eigenvalue weighted by atomic mass is 32.2. The Hall–Kier alpha value is -2.91. The lowest BCUT2D eigenvalue weighted by molar-refractivity contribution is -0.138. The van der Waals surface area contributed by atoms with Crippen molar-refractivity contribution in [2.24, 2.45) is 5.14 Å². The van der Waals surface area contributed by atoms with E-state index in [9.17, 15) is 18.0 Å². The van der Waals surface area contributed by atoms with Crippen LogP contribution in [0.2, 0.25) is 0 Å². The van der Waals surface area contributed by atoms with Crippen molar-refractivity contribution in [3.05, 3.63) is 59.7 Å². The lowest BCUT2D eigenvalue weighted by atomic mass is 10.1. The average molecular weight is 392 g/mol. The van der Waals surface area contributed by atoms with E-state index in [4.69, 9.17) is 14.6 Å². The van der Waals surface area contributed by atoms with Crippen molar-refractivity contribution < 1.29 is 27.5 Å². The summed E-state index contributed by atoms with van der Waals surface area (Å²) < 4.78 is 33.7. The third-order valence-electron chi connectivity index (χ3n) is 3.71. The summed E-state index contributed by atoms with van der Waals surface area (Å²) in [5.41, 5.74) is 0.322. The number of hydrogen-bond donors (Lipinski definition) is 1. The van der Waals surface area contributed by atoms with Crippen LogP contribution >= 0.6 is 0 Å². The Morgan fingerprint density at radius 2 is 1.70 bits per heavy atom. The number of amides is 1. The van der Waals surface area contributed by atoms with Gasteiger partial charge in [0.1, 0.15) is 11.3 Å². The van der Waals surface area contributed by atoms with E-state index in [2.05, 4.69) is 0 Å². The second-order valence-corrected chi connectivity index (χ2v) is 7.40. The SMILES string of the molecule is COc1ccc(S(N)(=O)=O)cc1C(=O)O[C@@H](C(=O)N(C)C)c1ccccc1. The van der Waals surface area contributed by atoms with Crippen LogP contribution in [0.25, 0.3) is 0 Å². The van der Waals surface area contributed by atoms with Crippen LogP contribution in [0.5, 0.6) is 5.75 Å². The van der Waals surface area contributed by atoms with Gasteiger partial charge in [-0.05, 0) is 18.2 Å². The molecule has 1 atom stereocenters. The minimum absolute atomic E-state index is 0.0940. The summed E-state index contributed by atoms with van der Waals surface area (Å²) in [4.78, 5) is 26.2. The molecule has 27 heavy (non-hydrogen) atoms. The molecule has 0 aromatic heterocycles. The third kappa shape index (κ3) is 4.83. The number of carbonyl (C=O) groups excluding carboxylic acids is 2. The fourth-order valence-electron chi connectivity index (χ4n) is 2.32. The molecule has 2 aromatic carbocycles. The number of sulfonamides is 1. The summed E-state index contributed by atoms with van der Waals surface area (Å²) in [7, 11) is 0.361. The Morgan fingerprint density at radius 1 is 1.07 bits per heavy atom. The number of esters is 1. The lowest BCUT2D eigenvalue weighted by Gasteiger charge is -2.21. The van der Waals surface area contributed by atoms with Crippen LogP contribution in [0, 0.1) is 0 Å². The van der Waals surface area contributed by atoms with E-state index in [1.54, 1.807) is 30.3 Å². The molecule has 0 fully saturated rings. The number of methoxy groups -OCH3 is 1. The zero-order valence-corrected chi connectivity index (χ0v) is 15.9. The molecular weight excluding hydrogens is 372 g/mol. The number of rotatable bonds is 6. The monoisotopic (exact) mass is 392 g/mol. The van der Waals surface area contributed by atoms with Crippen molar-refractivity contribution >= 4 is 21.9 Å². The maximum atomic E-state index is 12.7. The molecule has 0 unspecified atom stereocenters. The van der Waals surface area contributed by atoms with Crippen molar-refractivity contribution in [1.82, 2.24) is 4.90 Å². The van der Waals surface area contributed by atoms with Gasteiger partial charge in [-0.25, -0.2) is 18.4 Å². The summed E-state index contributed by atoms with van der Waals surface area (Å²) in [6.45, 7) is 0. The maximum absolute atomic E-state index is 12.7. The Balaban J connectivity index is 2.44. The van der Waals surface area contributed by atoms with Gasteiger partial charge in [0.25, 0.3) is 5.91 Å². The smallest absolute Gasteiger partial charge is 0.343 e. The normalized spacial score (nSPS) is 12.1. The molecule has 0 saturated carbocycles. The van der Waals surface area contributed by atoms with Gasteiger partial charge in [-0.15, -0.1) is 0 Å². The van der Waals surface area contributed by atoms with Gasteiger partial charge >= 0.3 is 5.97 Å². The molecule has 0 spiro atoms. The van der Waals surface area contributed by atoms with Crippen LogP contribution in [0.3, 0.4) is 0 Å². The molecule has 1 amide bonds. The van der Waals surface area contributed by atoms with Crippen LogP contribution < -0.4 is 9.88 Å². The number of ether oxygens (including phenoxy) is 2. The Bertz CT molecular complexity index is 942.